The molecule has 0 aliphatic heterocycles. The van der Waals surface area contributed by atoms with Gasteiger partial charge in [0.15, 0.2) is 5.82 Å². The number of carboxylic acids is 1. The lowest BCUT2D eigenvalue weighted by Crippen LogP contribution is -2.12. The molecule has 0 amide bonds. The maximum atomic E-state index is 11.1. The molecule has 0 saturated heterocycles. The Morgan fingerprint density at radius 2 is 2.00 bits per heavy atom. The summed E-state index contributed by atoms with van der Waals surface area (Å²) >= 11 is 6.00. The first-order valence-corrected chi connectivity index (χ1v) is 7.35. The maximum Gasteiger partial charge on any atom is 0.335 e. The summed E-state index contributed by atoms with van der Waals surface area (Å²) in [6.07, 6.45) is 5.72. The molecular formula is C14H15ClN4O2. The number of benzene rings is 1. The molecule has 1 saturated carbocycles. The van der Waals surface area contributed by atoms with Crippen molar-refractivity contribution >= 4 is 17.6 Å². The monoisotopic (exact) mass is 306 g/mol. The standard InChI is InChI=1S/C14H15ClN4O2/c15-11-6-10(14(20)21)7-12(8-11)19-13(16-17-18-19)9-4-2-1-3-5-9/h6-9H,1-5H2,(H,20,21). The molecule has 1 N–H and O–H groups in total. The van der Waals surface area contributed by atoms with Gasteiger partial charge in [-0.15, -0.1) is 5.10 Å². The average Bonchev–Trinajstić information content (AvgIpc) is 2.97. The lowest BCUT2D eigenvalue weighted by Gasteiger charge is -2.20. The lowest BCUT2D eigenvalue weighted by atomic mass is 9.88. The van der Waals surface area contributed by atoms with Crippen molar-refractivity contribution < 1.29 is 9.90 Å². The Morgan fingerprint density at radius 3 is 2.71 bits per heavy atom. The van der Waals surface area contributed by atoms with Crippen LogP contribution in [0.25, 0.3) is 5.69 Å². The van der Waals surface area contributed by atoms with Gasteiger partial charge in [0.25, 0.3) is 0 Å². The highest BCUT2D eigenvalue weighted by Crippen LogP contribution is 2.32. The Labute approximate surface area is 126 Å². The number of rotatable bonds is 3. The van der Waals surface area contributed by atoms with Gasteiger partial charge in [0, 0.05) is 10.9 Å². The van der Waals surface area contributed by atoms with E-state index in [1.807, 2.05) is 0 Å². The first kappa shape index (κ1) is 14.0. The van der Waals surface area contributed by atoms with E-state index in [0.29, 0.717) is 16.6 Å². The Morgan fingerprint density at radius 1 is 1.24 bits per heavy atom. The minimum atomic E-state index is -1.02. The number of hydrogen-bond acceptors (Lipinski definition) is 4. The summed E-state index contributed by atoms with van der Waals surface area (Å²) in [5, 5.41) is 21.4. The van der Waals surface area contributed by atoms with E-state index in [9.17, 15) is 4.79 Å². The van der Waals surface area contributed by atoms with E-state index in [0.717, 1.165) is 18.7 Å². The van der Waals surface area contributed by atoms with Crippen LogP contribution < -0.4 is 0 Å². The third-order valence-electron chi connectivity index (χ3n) is 3.84. The fraction of sp³-hybridized carbons (Fsp3) is 0.429. The summed E-state index contributed by atoms with van der Waals surface area (Å²) in [6.45, 7) is 0. The number of carbonyl (C=O) groups is 1. The highest BCUT2D eigenvalue weighted by Gasteiger charge is 2.22. The molecule has 1 aromatic carbocycles. The Hall–Kier alpha value is -1.95. The minimum Gasteiger partial charge on any atom is -0.478 e. The van der Waals surface area contributed by atoms with Crippen molar-refractivity contribution in [2.45, 2.75) is 38.0 Å². The van der Waals surface area contributed by atoms with E-state index in [-0.39, 0.29) is 5.56 Å². The number of hydrogen-bond donors (Lipinski definition) is 1. The van der Waals surface area contributed by atoms with E-state index in [1.165, 1.54) is 31.4 Å². The van der Waals surface area contributed by atoms with Gasteiger partial charge in [-0.3, -0.25) is 0 Å². The van der Waals surface area contributed by atoms with Crippen molar-refractivity contribution in [3.63, 3.8) is 0 Å². The quantitative estimate of drug-likeness (QED) is 0.942. The van der Waals surface area contributed by atoms with Crippen LogP contribution in [0.15, 0.2) is 18.2 Å². The molecule has 0 spiro atoms. The lowest BCUT2D eigenvalue weighted by molar-refractivity contribution is 0.0697. The Balaban J connectivity index is 2.01. The van der Waals surface area contributed by atoms with Crippen molar-refractivity contribution in [3.05, 3.63) is 34.6 Å². The maximum absolute atomic E-state index is 11.1. The SMILES string of the molecule is O=C(O)c1cc(Cl)cc(-n2nnnc2C2CCCCC2)c1. The molecule has 1 aromatic heterocycles. The number of tetrazole rings is 1. The fourth-order valence-electron chi connectivity index (χ4n) is 2.81. The van der Waals surface area contributed by atoms with E-state index >= 15 is 0 Å². The van der Waals surface area contributed by atoms with E-state index in [2.05, 4.69) is 15.5 Å². The van der Waals surface area contributed by atoms with E-state index < -0.39 is 5.97 Å². The van der Waals surface area contributed by atoms with Crippen LogP contribution in [0.2, 0.25) is 5.02 Å². The molecule has 1 aliphatic rings. The first-order chi connectivity index (χ1) is 10.1. The van der Waals surface area contributed by atoms with Crippen molar-refractivity contribution in [2.75, 3.05) is 0 Å². The summed E-state index contributed by atoms with van der Waals surface area (Å²) in [4.78, 5) is 11.1. The number of halogens is 1. The topological polar surface area (TPSA) is 80.9 Å². The van der Waals surface area contributed by atoms with Crippen LogP contribution in [0.3, 0.4) is 0 Å². The highest BCUT2D eigenvalue weighted by atomic mass is 35.5. The second-order valence-corrected chi connectivity index (χ2v) is 5.72. The summed E-state index contributed by atoms with van der Waals surface area (Å²) < 4.78 is 1.61. The molecule has 7 heteroatoms. The molecule has 1 aliphatic carbocycles. The number of nitrogens with zero attached hydrogens (tertiary/aromatic N) is 4. The summed E-state index contributed by atoms with van der Waals surface area (Å²) in [6, 6.07) is 4.63. The van der Waals surface area contributed by atoms with E-state index in [1.54, 1.807) is 10.7 Å². The third kappa shape index (κ3) is 2.90. The summed E-state index contributed by atoms with van der Waals surface area (Å²) in [7, 11) is 0. The normalized spacial score (nSPS) is 16.0. The molecule has 0 radical (unpaired) electrons. The second kappa shape index (κ2) is 5.81. The molecule has 2 aromatic rings. The van der Waals surface area contributed by atoms with Crippen LogP contribution in [0.1, 0.15) is 54.2 Å². The van der Waals surface area contributed by atoms with Gasteiger partial charge < -0.3 is 5.11 Å². The minimum absolute atomic E-state index is 0.127. The van der Waals surface area contributed by atoms with Crippen LogP contribution in [0.4, 0.5) is 0 Å². The number of aromatic nitrogens is 4. The van der Waals surface area contributed by atoms with Crippen LogP contribution in [0.5, 0.6) is 0 Å². The van der Waals surface area contributed by atoms with Gasteiger partial charge in [0.2, 0.25) is 0 Å². The third-order valence-corrected chi connectivity index (χ3v) is 4.06. The van der Waals surface area contributed by atoms with Crippen molar-refractivity contribution in [1.29, 1.82) is 0 Å². The van der Waals surface area contributed by atoms with Gasteiger partial charge in [-0.05, 0) is 41.5 Å². The average molecular weight is 307 g/mol. The van der Waals surface area contributed by atoms with Gasteiger partial charge in [-0.2, -0.15) is 4.68 Å². The zero-order valence-electron chi connectivity index (χ0n) is 11.4. The number of carboxylic acid groups (broad SMARTS) is 1. The second-order valence-electron chi connectivity index (χ2n) is 5.29. The molecule has 1 fully saturated rings. The molecule has 1 heterocycles. The first-order valence-electron chi connectivity index (χ1n) is 6.97. The number of aromatic carboxylic acids is 1. The van der Waals surface area contributed by atoms with Crippen LogP contribution in [-0.2, 0) is 0 Å². The fourth-order valence-corrected chi connectivity index (χ4v) is 3.04. The van der Waals surface area contributed by atoms with Crippen LogP contribution >= 0.6 is 11.6 Å². The molecule has 3 rings (SSSR count). The molecule has 21 heavy (non-hydrogen) atoms. The molecular weight excluding hydrogens is 292 g/mol. The molecule has 0 bridgehead atoms. The van der Waals surface area contributed by atoms with Crippen molar-refractivity contribution in [3.8, 4) is 5.69 Å². The van der Waals surface area contributed by atoms with Gasteiger partial charge in [0.05, 0.1) is 11.3 Å². The Bertz CT molecular complexity index is 665. The molecule has 0 atom stereocenters. The van der Waals surface area contributed by atoms with Crippen molar-refractivity contribution in [2.24, 2.45) is 0 Å². The summed E-state index contributed by atoms with van der Waals surface area (Å²) in [5.74, 6) is 0.0837. The molecule has 0 unspecified atom stereocenters. The molecule has 110 valence electrons. The molecule has 6 nitrogen and oxygen atoms in total. The largest absolute Gasteiger partial charge is 0.478 e. The predicted molar refractivity (Wildman–Crippen MR) is 76.9 cm³/mol. The van der Waals surface area contributed by atoms with Crippen LogP contribution in [-0.4, -0.2) is 31.3 Å². The van der Waals surface area contributed by atoms with Crippen molar-refractivity contribution in [1.82, 2.24) is 20.2 Å². The van der Waals surface area contributed by atoms with Gasteiger partial charge in [-0.1, -0.05) is 30.9 Å². The predicted octanol–water partition coefficient (Wildman–Crippen LogP) is 3.06. The van der Waals surface area contributed by atoms with Crippen LogP contribution in [0, 0.1) is 0 Å². The summed E-state index contributed by atoms with van der Waals surface area (Å²) in [5.41, 5.74) is 0.716. The van der Waals surface area contributed by atoms with Gasteiger partial charge >= 0.3 is 5.97 Å². The zero-order valence-corrected chi connectivity index (χ0v) is 12.1. The Kier molecular flexibility index (Phi) is 3.88. The van der Waals surface area contributed by atoms with Gasteiger partial charge in [0.1, 0.15) is 0 Å². The van der Waals surface area contributed by atoms with E-state index in [4.69, 9.17) is 16.7 Å². The zero-order chi connectivity index (χ0) is 14.8. The smallest absolute Gasteiger partial charge is 0.335 e. The highest BCUT2D eigenvalue weighted by molar-refractivity contribution is 6.31. The van der Waals surface area contributed by atoms with Gasteiger partial charge in [-0.25, -0.2) is 4.79 Å².